The van der Waals surface area contributed by atoms with E-state index in [9.17, 15) is 14.4 Å². The third-order valence-corrected chi connectivity index (χ3v) is 3.25. The van der Waals surface area contributed by atoms with Gasteiger partial charge in [0.15, 0.2) is 0 Å². The Morgan fingerprint density at radius 3 is 1.85 bits per heavy atom. The van der Waals surface area contributed by atoms with Gasteiger partial charge in [0.25, 0.3) is 0 Å². The number of rotatable bonds is 1. The number of aromatic nitrogens is 2. The Balaban J connectivity index is 0.000000213. The van der Waals surface area contributed by atoms with Crippen molar-refractivity contribution in [2.45, 2.75) is 33.3 Å². The van der Waals surface area contributed by atoms with Crippen LogP contribution < -0.4 is 5.32 Å². The highest BCUT2D eigenvalue weighted by Gasteiger charge is 2.31. The summed E-state index contributed by atoms with van der Waals surface area (Å²) in [4.78, 5) is 42.6. The normalized spacial score (nSPS) is 12.3. The molecular formula is C19H21N3O4. The minimum atomic E-state index is -0.390. The summed E-state index contributed by atoms with van der Waals surface area (Å²) >= 11 is 0. The van der Waals surface area contributed by atoms with Crippen LogP contribution in [0.25, 0.3) is 0 Å². The van der Waals surface area contributed by atoms with Gasteiger partial charge in [-0.1, -0.05) is 0 Å². The number of amides is 1. The van der Waals surface area contributed by atoms with Gasteiger partial charge in [-0.15, -0.1) is 0 Å². The highest BCUT2D eigenvalue weighted by molar-refractivity contribution is 6.26. The molecule has 3 rings (SSSR count). The minimum absolute atomic E-state index is 0.216. The van der Waals surface area contributed by atoms with Crippen LogP contribution in [0.3, 0.4) is 0 Å². The van der Waals surface area contributed by atoms with E-state index in [1.54, 1.807) is 24.3 Å². The summed E-state index contributed by atoms with van der Waals surface area (Å²) in [6, 6.07) is 6.47. The van der Waals surface area contributed by atoms with Gasteiger partial charge in [-0.25, -0.2) is 4.79 Å². The first-order valence-corrected chi connectivity index (χ1v) is 8.21. The number of fused-ring (bicyclic) bond motifs is 2. The van der Waals surface area contributed by atoms with Gasteiger partial charge in [-0.05, 0) is 52.0 Å². The van der Waals surface area contributed by atoms with Crippen LogP contribution in [-0.4, -0.2) is 39.8 Å². The summed E-state index contributed by atoms with van der Waals surface area (Å²) in [5, 5.41) is 2.54. The Kier molecular flexibility index (Phi) is 5.82. The molecule has 1 aliphatic rings. The maximum absolute atomic E-state index is 12.0. The molecule has 7 heteroatoms. The van der Waals surface area contributed by atoms with E-state index in [1.807, 2.05) is 27.7 Å². The minimum Gasteiger partial charge on any atom is -0.444 e. The molecule has 136 valence electrons. The van der Waals surface area contributed by atoms with Crippen molar-refractivity contribution in [3.8, 4) is 0 Å². The van der Waals surface area contributed by atoms with Gasteiger partial charge in [-0.3, -0.25) is 19.6 Å². The lowest BCUT2D eigenvalue weighted by atomic mass is 9.91. The average molecular weight is 355 g/mol. The zero-order valence-electron chi connectivity index (χ0n) is 15.2. The number of nitrogens with one attached hydrogen (secondary N) is 1. The molecule has 1 amide bonds. The zero-order chi connectivity index (χ0) is 19.3. The van der Waals surface area contributed by atoms with E-state index in [1.165, 1.54) is 12.4 Å². The lowest BCUT2D eigenvalue weighted by molar-refractivity contribution is 0.0530. The van der Waals surface area contributed by atoms with Gasteiger partial charge in [0.1, 0.15) is 17.0 Å². The Hall–Kier alpha value is -3.09. The fourth-order valence-electron chi connectivity index (χ4n) is 2.25. The second-order valence-corrected chi connectivity index (χ2v) is 6.49. The summed E-state index contributed by atoms with van der Waals surface area (Å²) < 4.78 is 4.93. The number of alkyl carbamates (subject to hydrolysis) is 1. The smallest absolute Gasteiger partial charge is 0.407 e. The molecular weight excluding hydrogens is 334 g/mol. The van der Waals surface area contributed by atoms with E-state index in [0.29, 0.717) is 17.7 Å². The standard InChI is InChI=1S/C12H6N2O2.C7H15NO2/c15-11-7-3-1-5-13-9(7)12(16)8-4-2-6-14-10(8)11;1-5-8-6(9)10-7(2,3)4/h1-6H;5H2,1-4H3,(H,8,9). The topological polar surface area (TPSA) is 98.2 Å². The molecule has 2 heterocycles. The fourth-order valence-corrected chi connectivity index (χ4v) is 2.25. The molecule has 26 heavy (non-hydrogen) atoms. The van der Waals surface area contributed by atoms with Crippen molar-refractivity contribution in [1.82, 2.24) is 15.3 Å². The van der Waals surface area contributed by atoms with Gasteiger partial charge in [0.2, 0.25) is 11.6 Å². The molecule has 0 spiro atoms. The molecule has 1 N–H and O–H groups in total. The maximum atomic E-state index is 12.0. The Labute approximate surface area is 151 Å². The van der Waals surface area contributed by atoms with Crippen LogP contribution in [0.15, 0.2) is 36.7 Å². The van der Waals surface area contributed by atoms with Crippen molar-refractivity contribution < 1.29 is 19.1 Å². The van der Waals surface area contributed by atoms with Crippen LogP contribution in [0.4, 0.5) is 4.79 Å². The fraction of sp³-hybridized carbons (Fsp3) is 0.316. The summed E-state index contributed by atoms with van der Waals surface area (Å²) in [6.45, 7) is 7.96. The lowest BCUT2D eigenvalue weighted by Crippen LogP contribution is -2.32. The van der Waals surface area contributed by atoms with E-state index in [-0.39, 0.29) is 34.6 Å². The Morgan fingerprint density at radius 2 is 1.46 bits per heavy atom. The molecule has 0 radical (unpaired) electrons. The molecule has 0 fully saturated rings. The first-order valence-electron chi connectivity index (χ1n) is 8.21. The van der Waals surface area contributed by atoms with Gasteiger partial charge in [-0.2, -0.15) is 0 Å². The van der Waals surface area contributed by atoms with Crippen molar-refractivity contribution in [2.75, 3.05) is 6.54 Å². The lowest BCUT2D eigenvalue weighted by Gasteiger charge is -2.19. The second-order valence-electron chi connectivity index (χ2n) is 6.49. The van der Waals surface area contributed by atoms with Gasteiger partial charge in [0.05, 0.1) is 11.1 Å². The van der Waals surface area contributed by atoms with Crippen molar-refractivity contribution in [3.63, 3.8) is 0 Å². The largest absolute Gasteiger partial charge is 0.444 e. The van der Waals surface area contributed by atoms with Gasteiger partial charge in [0, 0.05) is 18.9 Å². The van der Waals surface area contributed by atoms with Crippen LogP contribution >= 0.6 is 0 Å². The maximum Gasteiger partial charge on any atom is 0.407 e. The van der Waals surface area contributed by atoms with E-state index in [2.05, 4.69) is 15.3 Å². The monoisotopic (exact) mass is 355 g/mol. The molecule has 0 atom stereocenters. The zero-order valence-corrected chi connectivity index (χ0v) is 15.2. The quantitative estimate of drug-likeness (QED) is 0.721. The number of hydrogen-bond donors (Lipinski definition) is 1. The van der Waals surface area contributed by atoms with Crippen LogP contribution in [0.5, 0.6) is 0 Å². The van der Waals surface area contributed by atoms with Crippen molar-refractivity contribution in [3.05, 3.63) is 59.2 Å². The van der Waals surface area contributed by atoms with E-state index < -0.39 is 0 Å². The van der Waals surface area contributed by atoms with Crippen molar-refractivity contribution in [2.24, 2.45) is 0 Å². The number of pyridine rings is 2. The molecule has 0 unspecified atom stereocenters. The van der Waals surface area contributed by atoms with Crippen LogP contribution in [0, 0.1) is 0 Å². The summed E-state index contributed by atoms with van der Waals surface area (Å²) in [5.41, 5.74) is 0.706. The summed E-state index contributed by atoms with van der Waals surface area (Å²) in [5.74, 6) is -0.475. The Bertz CT molecular complexity index is 735. The number of hydrogen-bond acceptors (Lipinski definition) is 6. The Morgan fingerprint density at radius 1 is 1.00 bits per heavy atom. The first kappa shape index (κ1) is 19.2. The highest BCUT2D eigenvalue weighted by Crippen LogP contribution is 2.23. The predicted octanol–water partition coefficient (Wildman–Crippen LogP) is 2.78. The third kappa shape index (κ3) is 4.50. The molecule has 0 saturated carbocycles. The second kappa shape index (κ2) is 7.86. The predicted molar refractivity (Wildman–Crippen MR) is 95.2 cm³/mol. The van der Waals surface area contributed by atoms with Crippen LogP contribution in [-0.2, 0) is 4.74 Å². The molecule has 1 aliphatic carbocycles. The molecule has 2 aromatic heterocycles. The molecule has 2 aromatic rings. The molecule has 0 bridgehead atoms. The average Bonchev–Trinajstić information content (AvgIpc) is 2.59. The highest BCUT2D eigenvalue weighted by atomic mass is 16.6. The van der Waals surface area contributed by atoms with E-state index in [0.717, 1.165) is 0 Å². The number of carbonyl (C=O) groups is 3. The number of nitrogens with zero attached hydrogens (tertiary/aromatic N) is 2. The molecule has 0 saturated heterocycles. The number of ether oxygens (including phenoxy) is 1. The van der Waals surface area contributed by atoms with Gasteiger partial charge >= 0.3 is 6.09 Å². The molecule has 0 aliphatic heterocycles. The number of ketones is 2. The third-order valence-electron chi connectivity index (χ3n) is 3.25. The van der Waals surface area contributed by atoms with Crippen LogP contribution in [0.1, 0.15) is 59.8 Å². The van der Waals surface area contributed by atoms with E-state index >= 15 is 0 Å². The van der Waals surface area contributed by atoms with Crippen molar-refractivity contribution >= 4 is 17.7 Å². The SMILES string of the molecule is CCNC(=O)OC(C)(C)C.O=C1c2cccnc2C(=O)c2cccnc21. The summed E-state index contributed by atoms with van der Waals surface area (Å²) in [7, 11) is 0. The van der Waals surface area contributed by atoms with E-state index in [4.69, 9.17) is 4.74 Å². The summed E-state index contributed by atoms with van der Waals surface area (Å²) in [6.07, 6.45) is 2.66. The molecule has 7 nitrogen and oxygen atoms in total. The first-order chi connectivity index (χ1) is 12.2. The van der Waals surface area contributed by atoms with Crippen LogP contribution in [0.2, 0.25) is 0 Å². The number of carbonyl (C=O) groups excluding carboxylic acids is 3. The van der Waals surface area contributed by atoms with Gasteiger partial charge < -0.3 is 10.1 Å². The van der Waals surface area contributed by atoms with Crippen molar-refractivity contribution in [1.29, 1.82) is 0 Å². The molecule has 0 aromatic carbocycles.